The summed E-state index contributed by atoms with van der Waals surface area (Å²) < 4.78 is 0. The van der Waals surface area contributed by atoms with Crippen LogP contribution in [0.4, 0.5) is 11.8 Å². The van der Waals surface area contributed by atoms with Gasteiger partial charge in [0.25, 0.3) is 0 Å². The van der Waals surface area contributed by atoms with E-state index >= 15 is 0 Å². The standard InChI is InChI=1S/C12H13N5/c13-11-4-6-15-12(16-11)17-7-9(8-17)10-3-1-2-5-14-10/h1-6,9H,7-8H2,(H2,13,15,16). The van der Waals surface area contributed by atoms with Crippen molar-refractivity contribution in [1.29, 1.82) is 0 Å². The van der Waals surface area contributed by atoms with Crippen LogP contribution in [-0.4, -0.2) is 28.0 Å². The van der Waals surface area contributed by atoms with Crippen LogP contribution in [-0.2, 0) is 0 Å². The zero-order chi connectivity index (χ0) is 11.7. The molecule has 0 radical (unpaired) electrons. The van der Waals surface area contributed by atoms with Gasteiger partial charge in [-0.15, -0.1) is 0 Å². The van der Waals surface area contributed by atoms with Gasteiger partial charge in [-0.25, -0.2) is 4.98 Å². The van der Waals surface area contributed by atoms with Crippen LogP contribution in [0.15, 0.2) is 36.7 Å². The second-order valence-electron chi connectivity index (χ2n) is 4.14. The van der Waals surface area contributed by atoms with Crippen molar-refractivity contribution >= 4 is 11.8 Å². The maximum absolute atomic E-state index is 5.63. The molecule has 0 spiro atoms. The van der Waals surface area contributed by atoms with Crippen LogP contribution >= 0.6 is 0 Å². The fourth-order valence-electron chi connectivity index (χ4n) is 1.96. The minimum Gasteiger partial charge on any atom is -0.384 e. The second-order valence-corrected chi connectivity index (χ2v) is 4.14. The van der Waals surface area contributed by atoms with Crippen molar-refractivity contribution in [3.63, 3.8) is 0 Å². The van der Waals surface area contributed by atoms with Gasteiger partial charge in [0.2, 0.25) is 5.95 Å². The van der Waals surface area contributed by atoms with Crippen molar-refractivity contribution in [2.45, 2.75) is 5.92 Å². The molecule has 0 amide bonds. The highest BCUT2D eigenvalue weighted by Crippen LogP contribution is 2.28. The lowest BCUT2D eigenvalue weighted by Crippen LogP contribution is -2.46. The zero-order valence-electron chi connectivity index (χ0n) is 9.32. The summed E-state index contributed by atoms with van der Waals surface area (Å²) in [4.78, 5) is 14.9. The van der Waals surface area contributed by atoms with Gasteiger partial charge in [-0.1, -0.05) is 6.07 Å². The van der Waals surface area contributed by atoms with Gasteiger partial charge in [0.1, 0.15) is 5.82 Å². The van der Waals surface area contributed by atoms with E-state index in [9.17, 15) is 0 Å². The summed E-state index contributed by atoms with van der Waals surface area (Å²) in [5.41, 5.74) is 6.76. The number of hydrogen-bond acceptors (Lipinski definition) is 5. The molecule has 0 saturated carbocycles. The minimum atomic E-state index is 0.473. The van der Waals surface area contributed by atoms with Crippen molar-refractivity contribution in [3.8, 4) is 0 Å². The maximum Gasteiger partial charge on any atom is 0.227 e. The number of nitrogen functional groups attached to an aromatic ring is 1. The minimum absolute atomic E-state index is 0.473. The summed E-state index contributed by atoms with van der Waals surface area (Å²) in [5, 5.41) is 0. The Balaban J connectivity index is 1.69. The zero-order valence-corrected chi connectivity index (χ0v) is 9.32. The molecule has 0 aliphatic carbocycles. The number of pyridine rings is 1. The molecule has 0 atom stereocenters. The average Bonchev–Trinajstić information content (AvgIpc) is 2.28. The summed E-state index contributed by atoms with van der Waals surface area (Å²) in [7, 11) is 0. The van der Waals surface area contributed by atoms with Gasteiger partial charge in [0.15, 0.2) is 0 Å². The highest BCUT2D eigenvalue weighted by atomic mass is 15.3. The molecule has 0 unspecified atom stereocenters. The van der Waals surface area contributed by atoms with Crippen molar-refractivity contribution < 1.29 is 0 Å². The summed E-state index contributed by atoms with van der Waals surface area (Å²) in [5.74, 6) is 1.69. The predicted octanol–water partition coefficient (Wildman–Crippen LogP) is 1.06. The third-order valence-corrected chi connectivity index (χ3v) is 2.93. The number of anilines is 2. The molecular weight excluding hydrogens is 214 g/mol. The smallest absolute Gasteiger partial charge is 0.227 e. The van der Waals surface area contributed by atoms with Gasteiger partial charge in [-0.3, -0.25) is 4.98 Å². The quantitative estimate of drug-likeness (QED) is 0.830. The van der Waals surface area contributed by atoms with Gasteiger partial charge >= 0.3 is 0 Å². The van der Waals surface area contributed by atoms with Crippen LogP contribution in [0.3, 0.4) is 0 Å². The number of nitrogens with two attached hydrogens (primary N) is 1. The van der Waals surface area contributed by atoms with Gasteiger partial charge < -0.3 is 10.6 Å². The molecule has 2 aromatic rings. The first-order valence-electron chi connectivity index (χ1n) is 5.57. The lowest BCUT2D eigenvalue weighted by atomic mass is 9.96. The first kappa shape index (κ1) is 10.0. The van der Waals surface area contributed by atoms with Crippen LogP contribution in [0.5, 0.6) is 0 Å². The van der Waals surface area contributed by atoms with E-state index in [1.807, 2.05) is 18.3 Å². The van der Waals surface area contributed by atoms with Crippen LogP contribution in [0.2, 0.25) is 0 Å². The van der Waals surface area contributed by atoms with E-state index in [0.29, 0.717) is 17.7 Å². The van der Waals surface area contributed by atoms with Gasteiger partial charge in [0.05, 0.1) is 0 Å². The van der Waals surface area contributed by atoms with Gasteiger partial charge in [-0.05, 0) is 18.2 Å². The van der Waals surface area contributed by atoms with E-state index in [-0.39, 0.29) is 0 Å². The van der Waals surface area contributed by atoms with Crippen LogP contribution < -0.4 is 10.6 Å². The fraction of sp³-hybridized carbons (Fsp3) is 0.250. The fourth-order valence-corrected chi connectivity index (χ4v) is 1.96. The Morgan fingerprint density at radius 2 is 2.00 bits per heavy atom. The molecule has 5 heteroatoms. The molecule has 86 valence electrons. The SMILES string of the molecule is Nc1ccnc(N2CC(c3ccccn3)C2)n1. The van der Waals surface area contributed by atoms with Crippen molar-refractivity contribution in [3.05, 3.63) is 42.4 Å². The maximum atomic E-state index is 5.63. The Morgan fingerprint density at radius 3 is 2.71 bits per heavy atom. The number of hydrogen-bond donors (Lipinski definition) is 1. The predicted molar refractivity (Wildman–Crippen MR) is 65.6 cm³/mol. The molecule has 1 saturated heterocycles. The molecular formula is C12H13N5. The summed E-state index contributed by atoms with van der Waals surface area (Å²) in [6.07, 6.45) is 3.51. The third-order valence-electron chi connectivity index (χ3n) is 2.93. The first-order chi connectivity index (χ1) is 8.33. The van der Waals surface area contributed by atoms with E-state index in [1.54, 1.807) is 12.3 Å². The topological polar surface area (TPSA) is 67.9 Å². The number of nitrogens with zero attached hydrogens (tertiary/aromatic N) is 4. The van der Waals surface area contributed by atoms with E-state index in [4.69, 9.17) is 5.73 Å². The van der Waals surface area contributed by atoms with Gasteiger partial charge in [0, 0.05) is 37.1 Å². The van der Waals surface area contributed by atoms with E-state index in [1.165, 1.54) is 0 Å². The molecule has 3 heterocycles. The highest BCUT2D eigenvalue weighted by molar-refractivity contribution is 5.42. The third kappa shape index (κ3) is 1.91. The molecule has 3 rings (SSSR count). The Kier molecular flexibility index (Phi) is 2.36. The van der Waals surface area contributed by atoms with Crippen molar-refractivity contribution in [2.75, 3.05) is 23.7 Å². The monoisotopic (exact) mass is 227 g/mol. The largest absolute Gasteiger partial charge is 0.384 e. The molecule has 2 N–H and O–H groups in total. The molecule has 0 aromatic carbocycles. The Hall–Kier alpha value is -2.17. The molecule has 1 aliphatic heterocycles. The van der Waals surface area contributed by atoms with E-state index < -0.39 is 0 Å². The Bertz CT molecular complexity index is 507. The van der Waals surface area contributed by atoms with Crippen molar-refractivity contribution in [1.82, 2.24) is 15.0 Å². The summed E-state index contributed by atoms with van der Waals surface area (Å²) in [6.45, 7) is 1.81. The van der Waals surface area contributed by atoms with Gasteiger partial charge in [-0.2, -0.15) is 4.98 Å². The van der Waals surface area contributed by atoms with Crippen LogP contribution in [0.1, 0.15) is 11.6 Å². The first-order valence-corrected chi connectivity index (χ1v) is 5.57. The van der Waals surface area contributed by atoms with Crippen LogP contribution in [0, 0.1) is 0 Å². The Morgan fingerprint density at radius 1 is 1.12 bits per heavy atom. The van der Waals surface area contributed by atoms with Crippen molar-refractivity contribution in [2.24, 2.45) is 0 Å². The van der Waals surface area contributed by atoms with E-state index in [0.717, 1.165) is 18.8 Å². The Labute approximate surface area is 99.3 Å². The average molecular weight is 227 g/mol. The van der Waals surface area contributed by atoms with E-state index in [2.05, 4.69) is 25.9 Å². The molecule has 5 nitrogen and oxygen atoms in total. The molecule has 0 bridgehead atoms. The summed E-state index contributed by atoms with van der Waals surface area (Å²) in [6, 6.07) is 7.70. The number of aromatic nitrogens is 3. The second kappa shape index (κ2) is 4.01. The summed E-state index contributed by atoms with van der Waals surface area (Å²) >= 11 is 0. The highest BCUT2D eigenvalue weighted by Gasteiger charge is 2.30. The van der Waals surface area contributed by atoms with Crippen LogP contribution in [0.25, 0.3) is 0 Å². The molecule has 1 fully saturated rings. The molecule has 1 aliphatic rings. The molecule has 2 aromatic heterocycles. The normalized spacial score (nSPS) is 15.6. The lowest BCUT2D eigenvalue weighted by Gasteiger charge is -2.38. The molecule has 17 heavy (non-hydrogen) atoms. The lowest BCUT2D eigenvalue weighted by molar-refractivity contribution is 0.503. The number of rotatable bonds is 2.